The molecule has 0 radical (unpaired) electrons. The summed E-state index contributed by atoms with van der Waals surface area (Å²) in [6.07, 6.45) is -1.07. The molecule has 25 heavy (non-hydrogen) atoms. The first kappa shape index (κ1) is 17.0. The average Bonchev–Trinajstić information content (AvgIpc) is 2.83. The van der Waals surface area contributed by atoms with Gasteiger partial charge in [0.1, 0.15) is 5.75 Å². The van der Waals surface area contributed by atoms with Gasteiger partial charge in [0.15, 0.2) is 6.10 Å². The van der Waals surface area contributed by atoms with Gasteiger partial charge in [-0.3, -0.25) is 9.59 Å². The van der Waals surface area contributed by atoms with Gasteiger partial charge in [0, 0.05) is 0 Å². The highest BCUT2D eigenvalue weighted by atomic mass is 35.5. The monoisotopic (exact) mass is 359 g/mol. The van der Waals surface area contributed by atoms with Crippen LogP contribution in [0.4, 0.5) is 0 Å². The molecule has 1 atom stereocenters. The van der Waals surface area contributed by atoms with Gasteiger partial charge in [0.2, 0.25) is 0 Å². The minimum Gasteiger partial charge on any atom is -0.477 e. The van der Waals surface area contributed by atoms with E-state index in [1.165, 1.54) is 19.1 Å². The lowest BCUT2D eigenvalue weighted by molar-refractivity contribution is -0.176. The van der Waals surface area contributed by atoms with Crippen molar-refractivity contribution in [2.24, 2.45) is 0 Å². The zero-order valence-corrected chi connectivity index (χ0v) is 14.2. The SMILES string of the molecule is Cc1ccc(Cl)c(OC(C)C(=O)ON2C(=O)c3ccccc3C2=O)c1. The Balaban J connectivity index is 1.71. The van der Waals surface area contributed by atoms with E-state index in [0.29, 0.717) is 15.8 Å². The molecule has 0 spiro atoms. The normalized spacial score (nSPS) is 14.3. The number of benzene rings is 2. The number of carbonyl (C=O) groups is 3. The maximum atomic E-state index is 12.2. The Labute approximate surface area is 148 Å². The molecule has 0 aromatic heterocycles. The van der Waals surface area contributed by atoms with Crippen molar-refractivity contribution in [3.63, 3.8) is 0 Å². The first-order chi connectivity index (χ1) is 11.9. The Kier molecular flexibility index (Phi) is 4.46. The third-order valence-electron chi connectivity index (χ3n) is 3.66. The summed E-state index contributed by atoms with van der Waals surface area (Å²) in [6, 6.07) is 11.4. The van der Waals surface area contributed by atoms with E-state index in [4.69, 9.17) is 21.2 Å². The molecule has 2 amide bonds. The number of rotatable bonds is 4. The van der Waals surface area contributed by atoms with Crippen LogP contribution in [0, 0.1) is 6.92 Å². The summed E-state index contributed by atoms with van der Waals surface area (Å²) in [5, 5.41) is 0.788. The number of fused-ring (bicyclic) bond motifs is 1. The highest BCUT2D eigenvalue weighted by Crippen LogP contribution is 2.27. The number of ether oxygens (including phenoxy) is 1. The van der Waals surface area contributed by atoms with E-state index < -0.39 is 23.9 Å². The second-order valence-corrected chi connectivity index (χ2v) is 5.96. The summed E-state index contributed by atoms with van der Waals surface area (Å²) >= 11 is 6.03. The lowest BCUT2D eigenvalue weighted by atomic mass is 10.1. The molecule has 0 aliphatic carbocycles. The van der Waals surface area contributed by atoms with Crippen LogP contribution in [0.2, 0.25) is 5.02 Å². The topological polar surface area (TPSA) is 72.9 Å². The number of hydrogen-bond donors (Lipinski definition) is 0. The number of hydrogen-bond acceptors (Lipinski definition) is 5. The number of nitrogens with zero attached hydrogens (tertiary/aromatic N) is 1. The molecular formula is C18H14ClNO5. The minimum atomic E-state index is -1.07. The highest BCUT2D eigenvalue weighted by Gasteiger charge is 2.39. The van der Waals surface area contributed by atoms with Crippen LogP contribution in [-0.4, -0.2) is 29.0 Å². The van der Waals surface area contributed by atoms with Crippen molar-refractivity contribution in [2.75, 3.05) is 0 Å². The first-order valence-electron chi connectivity index (χ1n) is 7.51. The quantitative estimate of drug-likeness (QED) is 0.784. The molecule has 6 nitrogen and oxygen atoms in total. The van der Waals surface area contributed by atoms with Crippen molar-refractivity contribution in [3.8, 4) is 5.75 Å². The van der Waals surface area contributed by atoms with Crippen LogP contribution in [0.25, 0.3) is 0 Å². The van der Waals surface area contributed by atoms with Gasteiger partial charge in [-0.25, -0.2) is 4.79 Å². The zero-order valence-electron chi connectivity index (χ0n) is 13.5. The van der Waals surface area contributed by atoms with E-state index in [0.717, 1.165) is 5.56 Å². The van der Waals surface area contributed by atoms with Crippen molar-refractivity contribution in [2.45, 2.75) is 20.0 Å². The van der Waals surface area contributed by atoms with E-state index in [2.05, 4.69) is 0 Å². The van der Waals surface area contributed by atoms with Crippen molar-refractivity contribution in [1.29, 1.82) is 0 Å². The van der Waals surface area contributed by atoms with E-state index in [-0.39, 0.29) is 11.1 Å². The van der Waals surface area contributed by atoms with Crippen LogP contribution in [0.15, 0.2) is 42.5 Å². The number of hydroxylamine groups is 2. The van der Waals surface area contributed by atoms with Crippen LogP contribution >= 0.6 is 11.6 Å². The summed E-state index contributed by atoms with van der Waals surface area (Å²) in [5.41, 5.74) is 1.28. The Hall–Kier alpha value is -2.86. The number of halogens is 1. The van der Waals surface area contributed by atoms with Crippen LogP contribution in [0.1, 0.15) is 33.2 Å². The minimum absolute atomic E-state index is 0.190. The molecule has 0 fully saturated rings. The maximum absolute atomic E-state index is 12.2. The number of imide groups is 1. The molecule has 1 heterocycles. The summed E-state index contributed by atoms with van der Waals surface area (Å²) in [6.45, 7) is 3.30. The maximum Gasteiger partial charge on any atom is 0.373 e. The fraction of sp³-hybridized carbons (Fsp3) is 0.167. The molecule has 0 saturated carbocycles. The lowest BCUT2D eigenvalue weighted by Crippen LogP contribution is -2.37. The molecule has 128 valence electrons. The van der Waals surface area contributed by atoms with Crippen molar-refractivity contribution >= 4 is 29.4 Å². The fourth-order valence-electron chi connectivity index (χ4n) is 2.35. The summed E-state index contributed by atoms with van der Waals surface area (Å²) in [4.78, 5) is 41.5. The molecule has 1 aliphatic heterocycles. The number of carbonyl (C=O) groups excluding carboxylic acids is 3. The fourth-order valence-corrected chi connectivity index (χ4v) is 2.52. The Morgan fingerprint density at radius 2 is 1.68 bits per heavy atom. The molecular weight excluding hydrogens is 346 g/mol. The summed E-state index contributed by atoms with van der Waals surface area (Å²) < 4.78 is 5.49. The van der Waals surface area contributed by atoms with E-state index in [9.17, 15) is 14.4 Å². The molecule has 3 rings (SSSR count). The number of aryl methyl sites for hydroxylation is 1. The molecule has 2 aromatic carbocycles. The Bertz CT molecular complexity index is 845. The van der Waals surface area contributed by atoms with Gasteiger partial charge in [-0.05, 0) is 43.7 Å². The summed E-state index contributed by atoms with van der Waals surface area (Å²) in [5.74, 6) is -1.94. The van der Waals surface area contributed by atoms with Crippen LogP contribution in [0.3, 0.4) is 0 Å². The van der Waals surface area contributed by atoms with Gasteiger partial charge in [-0.1, -0.05) is 34.9 Å². The van der Waals surface area contributed by atoms with Crippen molar-refractivity contribution < 1.29 is 24.0 Å². The largest absolute Gasteiger partial charge is 0.477 e. The van der Waals surface area contributed by atoms with Crippen molar-refractivity contribution in [1.82, 2.24) is 5.06 Å². The van der Waals surface area contributed by atoms with Gasteiger partial charge in [0.05, 0.1) is 16.1 Å². The molecule has 0 N–H and O–H groups in total. The predicted octanol–water partition coefficient (Wildman–Crippen LogP) is 3.17. The highest BCUT2D eigenvalue weighted by molar-refractivity contribution is 6.32. The molecule has 0 saturated heterocycles. The second kappa shape index (κ2) is 6.57. The molecule has 7 heteroatoms. The Morgan fingerprint density at radius 3 is 2.28 bits per heavy atom. The first-order valence-corrected chi connectivity index (χ1v) is 7.88. The van der Waals surface area contributed by atoms with Gasteiger partial charge >= 0.3 is 5.97 Å². The number of amides is 2. The average molecular weight is 360 g/mol. The van der Waals surface area contributed by atoms with Crippen LogP contribution in [-0.2, 0) is 9.63 Å². The molecule has 1 unspecified atom stereocenters. The smallest absolute Gasteiger partial charge is 0.373 e. The van der Waals surface area contributed by atoms with Crippen LogP contribution < -0.4 is 4.74 Å². The van der Waals surface area contributed by atoms with Crippen LogP contribution in [0.5, 0.6) is 5.75 Å². The van der Waals surface area contributed by atoms with Gasteiger partial charge in [-0.2, -0.15) is 0 Å². The second-order valence-electron chi connectivity index (χ2n) is 5.55. The summed E-state index contributed by atoms with van der Waals surface area (Å²) in [7, 11) is 0. The molecule has 1 aliphatic rings. The van der Waals surface area contributed by atoms with E-state index in [1.54, 1.807) is 30.3 Å². The third kappa shape index (κ3) is 3.21. The van der Waals surface area contributed by atoms with Gasteiger partial charge in [-0.15, -0.1) is 0 Å². The zero-order chi connectivity index (χ0) is 18.1. The lowest BCUT2D eigenvalue weighted by Gasteiger charge is -2.18. The molecule has 0 bridgehead atoms. The Morgan fingerprint density at radius 1 is 1.08 bits per heavy atom. The van der Waals surface area contributed by atoms with E-state index in [1.807, 2.05) is 6.92 Å². The standard InChI is InChI=1S/C18H14ClNO5/c1-10-7-8-14(19)15(9-10)24-11(2)18(23)25-20-16(21)12-5-3-4-6-13(12)17(20)22/h3-9,11H,1-2H3. The van der Waals surface area contributed by atoms with Gasteiger partial charge < -0.3 is 9.57 Å². The van der Waals surface area contributed by atoms with Gasteiger partial charge in [0.25, 0.3) is 11.8 Å². The third-order valence-corrected chi connectivity index (χ3v) is 3.97. The predicted molar refractivity (Wildman–Crippen MR) is 89.3 cm³/mol. The van der Waals surface area contributed by atoms with E-state index >= 15 is 0 Å². The molecule has 2 aromatic rings. The van der Waals surface area contributed by atoms with Crippen molar-refractivity contribution in [3.05, 3.63) is 64.2 Å².